The van der Waals surface area contributed by atoms with Gasteiger partial charge in [-0.15, -0.1) is 0 Å². The summed E-state index contributed by atoms with van der Waals surface area (Å²) in [5.74, 6) is 0. The first kappa shape index (κ1) is 13.3. The SMILES string of the molecule is C=C[CH2-].[Na+].c1ccc2ccccc2c1. The quantitative estimate of drug-likeness (QED) is 0.429. The monoisotopic (exact) mass is 192 g/mol. The average molecular weight is 192 g/mol. The zero-order valence-corrected chi connectivity index (χ0v) is 10.6. The van der Waals surface area contributed by atoms with Crippen LogP contribution in [-0.4, -0.2) is 0 Å². The number of benzene rings is 2. The molecule has 0 unspecified atom stereocenters. The van der Waals surface area contributed by atoms with Gasteiger partial charge in [0.2, 0.25) is 0 Å². The molecule has 0 aliphatic carbocycles. The number of fused-ring (bicyclic) bond motifs is 1. The fourth-order valence-electron chi connectivity index (χ4n) is 1.13. The molecule has 2 rings (SSSR count). The molecule has 0 aliphatic rings. The minimum Gasteiger partial charge on any atom is -0.245 e. The summed E-state index contributed by atoms with van der Waals surface area (Å²) in [5, 5.41) is 2.62. The molecule has 0 radical (unpaired) electrons. The van der Waals surface area contributed by atoms with E-state index in [1.165, 1.54) is 16.8 Å². The van der Waals surface area contributed by atoms with Crippen LogP contribution in [0, 0.1) is 6.92 Å². The molecule has 0 saturated carbocycles. The van der Waals surface area contributed by atoms with Gasteiger partial charge >= 0.3 is 29.6 Å². The Morgan fingerprint density at radius 3 is 1.29 bits per heavy atom. The zero-order valence-electron chi connectivity index (χ0n) is 8.61. The molecule has 0 aliphatic heterocycles. The van der Waals surface area contributed by atoms with Crippen molar-refractivity contribution >= 4 is 10.8 Å². The van der Waals surface area contributed by atoms with Gasteiger partial charge in [-0.05, 0) is 10.8 Å². The molecule has 0 saturated heterocycles. The van der Waals surface area contributed by atoms with Gasteiger partial charge in [0, 0.05) is 0 Å². The normalized spacial score (nSPS) is 8.00. The summed E-state index contributed by atoms with van der Waals surface area (Å²) in [6, 6.07) is 16.7. The fraction of sp³-hybridized carbons (Fsp3) is 0. The van der Waals surface area contributed by atoms with E-state index in [1.807, 2.05) is 0 Å². The maximum Gasteiger partial charge on any atom is 1.00 e. The van der Waals surface area contributed by atoms with Gasteiger partial charge in [-0.25, -0.2) is 19.6 Å². The summed E-state index contributed by atoms with van der Waals surface area (Å²) in [6.07, 6.45) is 1.50. The Morgan fingerprint density at radius 2 is 1.07 bits per heavy atom. The number of allylic oxidation sites excluding steroid dienone is 1. The van der Waals surface area contributed by atoms with Gasteiger partial charge in [0.05, 0.1) is 0 Å². The third kappa shape index (κ3) is 4.01. The molecule has 0 heterocycles. The van der Waals surface area contributed by atoms with Crippen LogP contribution in [0.4, 0.5) is 0 Å². The maximum atomic E-state index is 3.25. The van der Waals surface area contributed by atoms with E-state index in [4.69, 9.17) is 0 Å². The summed E-state index contributed by atoms with van der Waals surface area (Å²) >= 11 is 0. The summed E-state index contributed by atoms with van der Waals surface area (Å²) in [6.45, 7) is 6.50. The Hall–Kier alpha value is -0.690. The zero-order chi connectivity index (χ0) is 9.52. The van der Waals surface area contributed by atoms with E-state index in [9.17, 15) is 0 Å². The minimum atomic E-state index is 0. The molecule has 14 heavy (non-hydrogen) atoms. The van der Waals surface area contributed by atoms with Gasteiger partial charge < -0.3 is 0 Å². The van der Waals surface area contributed by atoms with Crippen LogP contribution in [0.25, 0.3) is 10.8 Å². The van der Waals surface area contributed by atoms with Gasteiger partial charge in [-0.3, -0.25) is 0 Å². The second-order valence-electron chi connectivity index (χ2n) is 2.64. The first-order valence-corrected chi connectivity index (χ1v) is 4.22. The van der Waals surface area contributed by atoms with Crippen molar-refractivity contribution in [3.8, 4) is 0 Å². The van der Waals surface area contributed by atoms with Crippen molar-refractivity contribution in [2.24, 2.45) is 0 Å². The number of rotatable bonds is 0. The Balaban J connectivity index is 0.000000381. The Morgan fingerprint density at radius 1 is 0.857 bits per heavy atom. The van der Waals surface area contributed by atoms with Crippen molar-refractivity contribution in [3.63, 3.8) is 0 Å². The van der Waals surface area contributed by atoms with E-state index in [0.29, 0.717) is 0 Å². The van der Waals surface area contributed by atoms with Crippen molar-refractivity contribution < 1.29 is 29.6 Å². The first-order valence-electron chi connectivity index (χ1n) is 4.22. The minimum absolute atomic E-state index is 0. The van der Waals surface area contributed by atoms with Crippen LogP contribution in [0.2, 0.25) is 0 Å². The molecule has 0 spiro atoms. The molecule has 0 aromatic heterocycles. The molecule has 1 heteroatoms. The van der Waals surface area contributed by atoms with Crippen molar-refractivity contribution in [1.82, 2.24) is 0 Å². The second kappa shape index (κ2) is 7.69. The fourth-order valence-corrected chi connectivity index (χ4v) is 1.13. The van der Waals surface area contributed by atoms with E-state index >= 15 is 0 Å². The van der Waals surface area contributed by atoms with Gasteiger partial charge in [0.25, 0.3) is 0 Å². The number of hydrogen-bond donors (Lipinski definition) is 0. The van der Waals surface area contributed by atoms with E-state index in [-0.39, 0.29) is 29.6 Å². The van der Waals surface area contributed by atoms with Crippen molar-refractivity contribution in [1.29, 1.82) is 0 Å². The summed E-state index contributed by atoms with van der Waals surface area (Å²) in [7, 11) is 0. The second-order valence-corrected chi connectivity index (χ2v) is 2.64. The molecular formula is C13H13Na. The molecule has 0 amide bonds. The predicted molar refractivity (Wildman–Crippen MR) is 59.5 cm³/mol. The summed E-state index contributed by atoms with van der Waals surface area (Å²) < 4.78 is 0. The van der Waals surface area contributed by atoms with E-state index in [1.54, 1.807) is 0 Å². The van der Waals surface area contributed by atoms with Crippen molar-refractivity contribution in [2.45, 2.75) is 0 Å². The van der Waals surface area contributed by atoms with Gasteiger partial charge in [-0.2, -0.15) is 0 Å². The van der Waals surface area contributed by atoms with E-state index in [2.05, 4.69) is 62.0 Å². The summed E-state index contributed by atoms with van der Waals surface area (Å²) in [4.78, 5) is 0. The Labute approximate surface area is 108 Å². The first-order chi connectivity index (χ1) is 6.38. The molecule has 0 nitrogen and oxygen atoms in total. The Bertz CT molecular complexity index is 314. The van der Waals surface area contributed by atoms with Gasteiger partial charge in [-0.1, -0.05) is 48.5 Å². The molecule has 66 valence electrons. The molecule has 0 atom stereocenters. The topological polar surface area (TPSA) is 0 Å². The molecule has 0 N–H and O–H groups in total. The van der Waals surface area contributed by atoms with Crippen LogP contribution in [0.15, 0.2) is 61.2 Å². The van der Waals surface area contributed by atoms with E-state index < -0.39 is 0 Å². The number of hydrogen-bond acceptors (Lipinski definition) is 0. The Kier molecular flexibility index (Phi) is 7.31. The van der Waals surface area contributed by atoms with Gasteiger partial charge in [0.1, 0.15) is 0 Å². The van der Waals surface area contributed by atoms with Crippen LogP contribution in [0.3, 0.4) is 0 Å². The van der Waals surface area contributed by atoms with Crippen LogP contribution >= 0.6 is 0 Å². The van der Waals surface area contributed by atoms with Crippen LogP contribution in [-0.2, 0) is 0 Å². The van der Waals surface area contributed by atoms with Crippen LogP contribution in [0.1, 0.15) is 0 Å². The smallest absolute Gasteiger partial charge is 0.245 e. The van der Waals surface area contributed by atoms with Crippen LogP contribution < -0.4 is 29.6 Å². The molecule has 0 fully saturated rings. The average Bonchev–Trinajstić information content (AvgIpc) is 2.19. The maximum absolute atomic E-state index is 3.25. The third-order valence-corrected chi connectivity index (χ3v) is 1.66. The standard InChI is InChI=1S/C10H8.C3H5.Na/c1-2-6-10-8-4-3-7-9(10)5-1;1-3-2;/h1-8H;3H,1-2H2;/q;-1;+1. The third-order valence-electron chi connectivity index (χ3n) is 1.66. The summed E-state index contributed by atoms with van der Waals surface area (Å²) in [5.41, 5.74) is 0. The molecule has 0 bridgehead atoms. The van der Waals surface area contributed by atoms with Crippen LogP contribution in [0.5, 0.6) is 0 Å². The molecular weight excluding hydrogens is 179 g/mol. The van der Waals surface area contributed by atoms with E-state index in [0.717, 1.165) is 0 Å². The molecule has 2 aromatic carbocycles. The van der Waals surface area contributed by atoms with Crippen molar-refractivity contribution in [2.75, 3.05) is 0 Å². The largest absolute Gasteiger partial charge is 1.00 e. The van der Waals surface area contributed by atoms with Crippen molar-refractivity contribution in [3.05, 3.63) is 68.1 Å². The molecule has 2 aromatic rings. The van der Waals surface area contributed by atoms with Gasteiger partial charge in [0.15, 0.2) is 0 Å². The predicted octanol–water partition coefficient (Wildman–Crippen LogP) is 0.850.